The number of fused-ring (bicyclic) bond motifs is 1. The smallest absolute Gasteiger partial charge is 0.264 e. The number of nitrogens with two attached hydrogens (primary N) is 1. The predicted molar refractivity (Wildman–Crippen MR) is 95.4 cm³/mol. The summed E-state index contributed by atoms with van der Waals surface area (Å²) in [7, 11) is 1.66. The number of thiophene rings is 1. The van der Waals surface area contributed by atoms with Gasteiger partial charge in [0.05, 0.1) is 12.0 Å². The largest absolute Gasteiger partial charge is 0.497 e. The van der Waals surface area contributed by atoms with Gasteiger partial charge in [-0.15, -0.1) is 11.3 Å². The lowest BCUT2D eigenvalue weighted by atomic mass is 9.92. The van der Waals surface area contributed by atoms with Gasteiger partial charge in [-0.1, -0.05) is 6.92 Å². The number of nitrogens with zero attached hydrogens (tertiary/aromatic N) is 1. The molecule has 3 rings (SSSR count). The first-order chi connectivity index (χ1) is 11.0. The number of carbonyl (C=O) groups excluding carboxylic acids is 1. The summed E-state index contributed by atoms with van der Waals surface area (Å²) in [4.78, 5) is 15.9. The molecule has 2 aromatic rings. The van der Waals surface area contributed by atoms with Crippen molar-refractivity contribution in [3.05, 3.63) is 28.6 Å². The standard InChI is InChI=1S/C18H24N2O2S/c1-11-6-7-20(13(8-11)10-19)18(21)17-12(2)15-9-14(22-3)4-5-16(15)23-17/h4-5,9,11,13H,6-8,10,19H2,1-3H3. The zero-order chi connectivity index (χ0) is 16.6. The molecule has 2 unspecified atom stereocenters. The second kappa shape index (κ2) is 6.49. The first kappa shape index (κ1) is 16.3. The van der Waals surface area contributed by atoms with Crippen LogP contribution in [0.4, 0.5) is 0 Å². The van der Waals surface area contributed by atoms with Crippen LogP contribution in [0.15, 0.2) is 18.2 Å². The molecule has 0 saturated carbocycles. The molecule has 4 nitrogen and oxygen atoms in total. The molecular weight excluding hydrogens is 308 g/mol. The van der Waals surface area contributed by atoms with Crippen LogP contribution in [0.3, 0.4) is 0 Å². The first-order valence-electron chi connectivity index (χ1n) is 8.13. The SMILES string of the molecule is COc1ccc2sc(C(=O)N3CCC(C)CC3CN)c(C)c2c1. The van der Waals surface area contributed by atoms with Crippen LogP contribution in [0, 0.1) is 12.8 Å². The quantitative estimate of drug-likeness (QED) is 0.937. The number of rotatable bonds is 3. The molecule has 2 heterocycles. The van der Waals surface area contributed by atoms with Crippen molar-refractivity contribution >= 4 is 27.3 Å². The van der Waals surface area contributed by atoms with Gasteiger partial charge in [-0.2, -0.15) is 0 Å². The van der Waals surface area contributed by atoms with Crippen LogP contribution < -0.4 is 10.5 Å². The van der Waals surface area contributed by atoms with E-state index < -0.39 is 0 Å². The minimum atomic E-state index is 0.130. The van der Waals surface area contributed by atoms with E-state index in [0.717, 1.165) is 45.7 Å². The topological polar surface area (TPSA) is 55.6 Å². The fourth-order valence-corrected chi connectivity index (χ4v) is 4.55. The summed E-state index contributed by atoms with van der Waals surface area (Å²) in [6.07, 6.45) is 2.06. The Morgan fingerprint density at radius 1 is 1.48 bits per heavy atom. The van der Waals surface area contributed by atoms with Gasteiger partial charge in [0.1, 0.15) is 5.75 Å². The van der Waals surface area contributed by atoms with Crippen molar-refractivity contribution in [2.75, 3.05) is 20.2 Å². The van der Waals surface area contributed by atoms with Crippen molar-refractivity contribution in [3.63, 3.8) is 0 Å². The van der Waals surface area contributed by atoms with Crippen molar-refractivity contribution in [3.8, 4) is 5.75 Å². The van der Waals surface area contributed by atoms with Gasteiger partial charge < -0.3 is 15.4 Å². The number of benzene rings is 1. The highest BCUT2D eigenvalue weighted by atomic mass is 32.1. The van der Waals surface area contributed by atoms with Crippen LogP contribution in [0.2, 0.25) is 0 Å². The molecule has 1 saturated heterocycles. The van der Waals surface area contributed by atoms with E-state index in [0.29, 0.717) is 12.5 Å². The maximum Gasteiger partial charge on any atom is 0.264 e. The van der Waals surface area contributed by atoms with Crippen LogP contribution in [0.25, 0.3) is 10.1 Å². The van der Waals surface area contributed by atoms with E-state index in [1.807, 2.05) is 30.0 Å². The molecule has 1 aromatic heterocycles. The van der Waals surface area contributed by atoms with E-state index in [1.54, 1.807) is 18.4 Å². The van der Waals surface area contributed by atoms with Gasteiger partial charge in [0, 0.05) is 23.8 Å². The molecule has 2 N–H and O–H groups in total. The molecule has 0 aliphatic carbocycles. The van der Waals surface area contributed by atoms with Gasteiger partial charge in [0.15, 0.2) is 0 Å². The average molecular weight is 332 g/mol. The van der Waals surface area contributed by atoms with Crippen LogP contribution >= 0.6 is 11.3 Å². The van der Waals surface area contributed by atoms with E-state index in [1.165, 1.54) is 0 Å². The second-order valence-corrected chi connectivity index (χ2v) is 7.49. The van der Waals surface area contributed by atoms with Crippen molar-refractivity contribution in [1.29, 1.82) is 0 Å². The number of hydrogen-bond acceptors (Lipinski definition) is 4. The lowest BCUT2D eigenvalue weighted by Gasteiger charge is -2.37. The number of hydrogen-bond donors (Lipinski definition) is 1. The van der Waals surface area contributed by atoms with Crippen molar-refractivity contribution < 1.29 is 9.53 Å². The Kier molecular flexibility index (Phi) is 4.60. The van der Waals surface area contributed by atoms with Gasteiger partial charge in [-0.25, -0.2) is 0 Å². The third-order valence-corrected chi connectivity index (χ3v) is 6.11. The summed E-state index contributed by atoms with van der Waals surface area (Å²) in [6, 6.07) is 6.14. The predicted octanol–water partition coefficient (Wildman–Crippen LogP) is 3.42. The number of likely N-dealkylation sites (tertiary alicyclic amines) is 1. The number of carbonyl (C=O) groups is 1. The molecule has 0 radical (unpaired) electrons. The number of piperidine rings is 1. The van der Waals surface area contributed by atoms with Gasteiger partial charge in [-0.05, 0) is 54.8 Å². The Labute approximate surface area is 141 Å². The molecule has 124 valence electrons. The normalized spacial score (nSPS) is 21.7. The van der Waals surface area contributed by atoms with Gasteiger partial charge in [-0.3, -0.25) is 4.79 Å². The van der Waals surface area contributed by atoms with E-state index >= 15 is 0 Å². The average Bonchev–Trinajstić information content (AvgIpc) is 2.90. The molecule has 23 heavy (non-hydrogen) atoms. The molecule has 1 aromatic carbocycles. The molecule has 0 bridgehead atoms. The van der Waals surface area contributed by atoms with Crippen LogP contribution in [-0.2, 0) is 0 Å². The van der Waals surface area contributed by atoms with Crippen LogP contribution in [0.5, 0.6) is 5.75 Å². The van der Waals surface area contributed by atoms with E-state index in [9.17, 15) is 4.79 Å². The fraction of sp³-hybridized carbons (Fsp3) is 0.500. The summed E-state index contributed by atoms with van der Waals surface area (Å²) in [5, 5.41) is 1.10. The third kappa shape index (κ3) is 2.95. The number of ether oxygens (including phenoxy) is 1. The van der Waals surface area contributed by atoms with Crippen molar-refractivity contribution in [2.45, 2.75) is 32.7 Å². The molecule has 2 atom stereocenters. The van der Waals surface area contributed by atoms with Crippen LogP contribution in [0.1, 0.15) is 35.0 Å². The Morgan fingerprint density at radius 2 is 2.26 bits per heavy atom. The number of methoxy groups -OCH3 is 1. The second-order valence-electron chi connectivity index (χ2n) is 6.44. The Morgan fingerprint density at radius 3 is 2.96 bits per heavy atom. The zero-order valence-corrected chi connectivity index (χ0v) is 14.8. The summed E-state index contributed by atoms with van der Waals surface area (Å²) in [5.41, 5.74) is 6.96. The van der Waals surface area contributed by atoms with Gasteiger partial charge >= 0.3 is 0 Å². The Hall–Kier alpha value is -1.59. The molecule has 1 fully saturated rings. The Balaban J connectivity index is 1.95. The first-order valence-corrected chi connectivity index (χ1v) is 8.95. The monoisotopic (exact) mass is 332 g/mol. The lowest BCUT2D eigenvalue weighted by Crippen LogP contribution is -2.49. The maximum atomic E-state index is 13.1. The van der Waals surface area contributed by atoms with Crippen LogP contribution in [-0.4, -0.2) is 37.0 Å². The summed E-state index contributed by atoms with van der Waals surface area (Å²) >= 11 is 1.57. The molecule has 1 aliphatic heterocycles. The lowest BCUT2D eigenvalue weighted by molar-refractivity contribution is 0.0578. The highest BCUT2D eigenvalue weighted by Crippen LogP contribution is 2.35. The van der Waals surface area contributed by atoms with Gasteiger partial charge in [0.2, 0.25) is 0 Å². The van der Waals surface area contributed by atoms with E-state index in [4.69, 9.17) is 10.5 Å². The number of amides is 1. The molecular formula is C18H24N2O2S. The van der Waals surface area contributed by atoms with E-state index in [-0.39, 0.29) is 11.9 Å². The van der Waals surface area contributed by atoms with Crippen molar-refractivity contribution in [2.24, 2.45) is 11.7 Å². The van der Waals surface area contributed by atoms with Gasteiger partial charge in [0.25, 0.3) is 5.91 Å². The Bertz CT molecular complexity index is 725. The fourth-order valence-electron chi connectivity index (χ4n) is 3.40. The summed E-state index contributed by atoms with van der Waals surface area (Å²) in [5.74, 6) is 1.59. The highest BCUT2D eigenvalue weighted by molar-refractivity contribution is 7.21. The highest BCUT2D eigenvalue weighted by Gasteiger charge is 2.31. The van der Waals surface area contributed by atoms with E-state index in [2.05, 4.69) is 6.92 Å². The third-order valence-electron chi connectivity index (χ3n) is 4.85. The number of aryl methyl sites for hydroxylation is 1. The summed E-state index contributed by atoms with van der Waals surface area (Å²) < 4.78 is 6.43. The molecule has 1 aliphatic rings. The van der Waals surface area contributed by atoms with Crippen molar-refractivity contribution in [1.82, 2.24) is 4.90 Å². The zero-order valence-electron chi connectivity index (χ0n) is 14.0. The molecule has 1 amide bonds. The minimum Gasteiger partial charge on any atom is -0.497 e. The maximum absolute atomic E-state index is 13.1. The molecule has 5 heteroatoms. The molecule has 0 spiro atoms. The minimum absolute atomic E-state index is 0.130. The summed E-state index contributed by atoms with van der Waals surface area (Å²) in [6.45, 7) is 5.60.